The molecule has 1 unspecified atom stereocenters. The molecule has 19 heavy (non-hydrogen) atoms. The maximum absolute atomic E-state index is 11.9. The van der Waals surface area contributed by atoms with E-state index in [9.17, 15) is 9.59 Å². The molecule has 1 aliphatic heterocycles. The minimum atomic E-state index is -0.0980. The number of hydrogen-bond donors (Lipinski definition) is 2. The largest absolute Gasteiger partial charge is 0.368 e. The molecule has 8 nitrogen and oxygen atoms in total. The normalized spacial score (nSPS) is 18.9. The average molecular weight is 282 g/mol. The Labute approximate surface area is 114 Å². The summed E-state index contributed by atoms with van der Waals surface area (Å²) in [5.41, 5.74) is 11.0. The zero-order valence-corrected chi connectivity index (χ0v) is 11.2. The van der Waals surface area contributed by atoms with Gasteiger partial charge in [0.1, 0.15) is 0 Å². The first-order valence-corrected chi connectivity index (χ1v) is 6.65. The maximum atomic E-state index is 11.9. The van der Waals surface area contributed by atoms with Gasteiger partial charge in [-0.15, -0.1) is 0 Å². The summed E-state index contributed by atoms with van der Waals surface area (Å²) in [4.78, 5) is 35.7. The van der Waals surface area contributed by atoms with Gasteiger partial charge in [0.25, 0.3) is 0 Å². The van der Waals surface area contributed by atoms with Gasteiger partial charge < -0.3 is 11.5 Å². The molecule has 0 bridgehead atoms. The third-order valence-electron chi connectivity index (χ3n) is 2.63. The predicted molar refractivity (Wildman–Crippen MR) is 72.3 cm³/mol. The van der Waals surface area contributed by atoms with Gasteiger partial charge >= 0.3 is 0 Å². The summed E-state index contributed by atoms with van der Waals surface area (Å²) < 4.78 is 0. The highest BCUT2D eigenvalue weighted by Gasteiger charge is 2.32. The van der Waals surface area contributed by atoms with Crippen LogP contribution in [0.25, 0.3) is 0 Å². The molecule has 0 aromatic carbocycles. The summed E-state index contributed by atoms with van der Waals surface area (Å²) in [6.45, 7) is 1.97. The quantitative estimate of drug-likeness (QED) is 0.771. The maximum Gasteiger partial charge on any atom is 0.238 e. The molecule has 2 rings (SSSR count). The van der Waals surface area contributed by atoms with Crippen LogP contribution in [-0.4, -0.2) is 38.3 Å². The smallest absolute Gasteiger partial charge is 0.238 e. The number of hydrogen-bond acceptors (Lipinski definition) is 8. The van der Waals surface area contributed by atoms with Crippen molar-refractivity contribution in [2.75, 3.05) is 28.7 Å². The van der Waals surface area contributed by atoms with Gasteiger partial charge in [-0.05, 0) is 5.92 Å². The first-order valence-electron chi connectivity index (χ1n) is 5.66. The lowest BCUT2D eigenvalue weighted by Gasteiger charge is -2.14. The zero-order valence-electron chi connectivity index (χ0n) is 10.4. The van der Waals surface area contributed by atoms with Crippen molar-refractivity contribution < 1.29 is 9.59 Å². The lowest BCUT2D eigenvalue weighted by Crippen LogP contribution is -2.27. The van der Waals surface area contributed by atoms with Crippen molar-refractivity contribution in [3.05, 3.63) is 0 Å². The molecule has 102 valence electrons. The van der Waals surface area contributed by atoms with Gasteiger partial charge in [-0.2, -0.15) is 15.0 Å². The Morgan fingerprint density at radius 3 is 2.58 bits per heavy atom. The van der Waals surface area contributed by atoms with E-state index in [1.165, 1.54) is 23.6 Å². The van der Waals surface area contributed by atoms with Crippen LogP contribution in [0.4, 0.5) is 17.8 Å². The number of rotatable bonds is 3. The number of amides is 1. The molecule has 0 spiro atoms. The van der Waals surface area contributed by atoms with Crippen molar-refractivity contribution in [1.29, 1.82) is 0 Å². The molecule has 2 heterocycles. The van der Waals surface area contributed by atoms with Crippen LogP contribution >= 0.6 is 11.8 Å². The van der Waals surface area contributed by atoms with Gasteiger partial charge in [-0.1, -0.05) is 11.8 Å². The van der Waals surface area contributed by atoms with E-state index in [1.54, 1.807) is 0 Å². The van der Waals surface area contributed by atoms with Crippen LogP contribution in [0.15, 0.2) is 0 Å². The number of carbonyl (C=O) groups is 2. The van der Waals surface area contributed by atoms with Gasteiger partial charge in [-0.3, -0.25) is 14.5 Å². The summed E-state index contributed by atoms with van der Waals surface area (Å²) in [6, 6.07) is 0. The molecule has 4 N–H and O–H groups in total. The predicted octanol–water partition coefficient (Wildman–Crippen LogP) is -0.331. The Balaban J connectivity index is 2.09. The standard InChI is InChI=1S/C10H14N6O2S/c1-5(17)19-4-6-2-7(18)16(3-6)10-14-8(11)13-9(12)15-10/h6H,2-4H2,1H3,(H4,11,12,13,14,15). The van der Waals surface area contributed by atoms with Crippen LogP contribution in [-0.2, 0) is 9.59 Å². The van der Waals surface area contributed by atoms with Crippen LogP contribution in [0.2, 0.25) is 0 Å². The van der Waals surface area contributed by atoms with E-state index in [4.69, 9.17) is 11.5 Å². The van der Waals surface area contributed by atoms with Crippen LogP contribution in [0.1, 0.15) is 13.3 Å². The molecule has 1 atom stereocenters. The number of nitrogen functional groups attached to an aromatic ring is 2. The third-order valence-corrected chi connectivity index (χ3v) is 3.67. The third kappa shape index (κ3) is 3.31. The fraction of sp³-hybridized carbons (Fsp3) is 0.500. The fourth-order valence-corrected chi connectivity index (χ4v) is 2.53. The van der Waals surface area contributed by atoms with Gasteiger partial charge in [0.05, 0.1) is 0 Å². The van der Waals surface area contributed by atoms with Crippen molar-refractivity contribution in [3.8, 4) is 0 Å². The zero-order chi connectivity index (χ0) is 14.0. The van der Waals surface area contributed by atoms with E-state index >= 15 is 0 Å². The van der Waals surface area contributed by atoms with E-state index in [-0.39, 0.29) is 34.8 Å². The molecule has 1 aliphatic rings. The average Bonchev–Trinajstić information content (AvgIpc) is 2.66. The summed E-state index contributed by atoms with van der Waals surface area (Å²) >= 11 is 1.21. The van der Waals surface area contributed by atoms with Gasteiger partial charge in [0.15, 0.2) is 5.12 Å². The van der Waals surface area contributed by atoms with Crippen LogP contribution in [0, 0.1) is 5.92 Å². The second-order valence-electron chi connectivity index (χ2n) is 4.23. The van der Waals surface area contributed by atoms with Crippen LogP contribution in [0.5, 0.6) is 0 Å². The summed E-state index contributed by atoms with van der Waals surface area (Å²) in [5.74, 6) is 0.743. The number of nitrogens with two attached hydrogens (primary N) is 2. The Kier molecular flexibility index (Phi) is 3.84. The fourth-order valence-electron chi connectivity index (χ4n) is 1.84. The van der Waals surface area contributed by atoms with Crippen molar-refractivity contribution >= 4 is 40.6 Å². The van der Waals surface area contributed by atoms with E-state index in [1.807, 2.05) is 0 Å². The minimum absolute atomic E-state index is 0.0168. The molecule has 1 aromatic rings. The van der Waals surface area contributed by atoms with Gasteiger partial charge in [0.2, 0.25) is 23.8 Å². The molecule has 1 fully saturated rings. The first kappa shape index (κ1) is 13.5. The van der Waals surface area contributed by atoms with Crippen LogP contribution < -0.4 is 16.4 Å². The molecule has 0 radical (unpaired) electrons. The monoisotopic (exact) mass is 282 g/mol. The highest BCUT2D eigenvalue weighted by Crippen LogP contribution is 2.25. The van der Waals surface area contributed by atoms with E-state index in [0.717, 1.165) is 0 Å². The molecular formula is C10H14N6O2S. The molecule has 9 heteroatoms. The number of carbonyl (C=O) groups excluding carboxylic acids is 2. The summed E-state index contributed by atoms with van der Waals surface area (Å²) in [7, 11) is 0. The van der Waals surface area contributed by atoms with Crippen molar-refractivity contribution in [2.24, 2.45) is 5.92 Å². The Bertz CT molecular complexity index is 502. The number of anilines is 3. The second-order valence-corrected chi connectivity index (χ2v) is 5.43. The number of aromatic nitrogens is 3. The van der Waals surface area contributed by atoms with Crippen molar-refractivity contribution in [3.63, 3.8) is 0 Å². The molecule has 1 aromatic heterocycles. The molecule has 0 aliphatic carbocycles. The van der Waals surface area contributed by atoms with E-state index < -0.39 is 0 Å². The molecule has 0 saturated carbocycles. The number of thioether (sulfide) groups is 1. The lowest BCUT2D eigenvalue weighted by molar-refractivity contribution is -0.117. The van der Waals surface area contributed by atoms with E-state index in [2.05, 4.69) is 15.0 Å². The highest BCUT2D eigenvalue weighted by molar-refractivity contribution is 8.13. The molecule has 1 saturated heterocycles. The van der Waals surface area contributed by atoms with Crippen LogP contribution in [0.3, 0.4) is 0 Å². The second kappa shape index (κ2) is 5.39. The highest BCUT2D eigenvalue weighted by atomic mass is 32.2. The van der Waals surface area contributed by atoms with Crippen molar-refractivity contribution in [2.45, 2.75) is 13.3 Å². The Morgan fingerprint density at radius 1 is 1.37 bits per heavy atom. The summed E-state index contributed by atoms with van der Waals surface area (Å²) in [6.07, 6.45) is 0.367. The molecular weight excluding hydrogens is 268 g/mol. The Morgan fingerprint density at radius 2 is 2.00 bits per heavy atom. The lowest BCUT2D eigenvalue weighted by atomic mass is 10.1. The first-order chi connectivity index (χ1) is 8.95. The van der Waals surface area contributed by atoms with E-state index in [0.29, 0.717) is 18.7 Å². The summed E-state index contributed by atoms with van der Waals surface area (Å²) in [5, 5.41) is 0.0412. The van der Waals surface area contributed by atoms with Gasteiger partial charge in [0, 0.05) is 25.6 Å². The van der Waals surface area contributed by atoms with Gasteiger partial charge in [-0.25, -0.2) is 0 Å². The van der Waals surface area contributed by atoms with Crippen molar-refractivity contribution in [1.82, 2.24) is 15.0 Å². The molecule has 1 amide bonds. The SMILES string of the molecule is CC(=O)SCC1CC(=O)N(c2nc(N)nc(N)n2)C1. The Hall–Kier alpha value is -1.90. The number of nitrogens with zero attached hydrogens (tertiary/aromatic N) is 4. The topological polar surface area (TPSA) is 128 Å². The minimum Gasteiger partial charge on any atom is -0.368 e.